The molecule has 0 aliphatic heterocycles. The van der Waals surface area contributed by atoms with Gasteiger partial charge in [0.25, 0.3) is 0 Å². The zero-order valence-corrected chi connectivity index (χ0v) is 18.9. The predicted molar refractivity (Wildman–Crippen MR) is 107 cm³/mol. The standard InChI is InChI=1S/C18H15O3PS.CH3.ClH.Ir/c19-23(20,21)18-14-8-7-13-17(18)22(15-9-3-1-4-10-15)16-11-5-2-6-12-16;;;/h1-14H,(H,19,20,21);1H3;1H;/q;-1;;+3/p-1. The molecule has 3 rings (SSSR count). The van der Waals surface area contributed by atoms with Gasteiger partial charge in [0.05, 0.1) is 12.8 Å². The molecule has 0 N–H and O–H groups in total. The van der Waals surface area contributed by atoms with Gasteiger partial charge in [0.1, 0.15) is 26.0 Å². The number of hydrogen-bond donors (Lipinski definition) is 0. The van der Waals surface area contributed by atoms with E-state index < -0.39 is 18.0 Å². The molecule has 7 heteroatoms. The normalized spacial score (nSPS) is 10.5. The predicted octanol–water partition coefficient (Wildman–Crippen LogP) is 3.22. The van der Waals surface area contributed by atoms with Crippen LogP contribution in [0.15, 0.2) is 89.8 Å². The summed E-state index contributed by atoms with van der Waals surface area (Å²) in [5, 5.41) is 2.68. The third-order valence-electron chi connectivity index (χ3n) is 3.55. The van der Waals surface area contributed by atoms with Crippen molar-refractivity contribution in [2.24, 2.45) is 0 Å². The van der Waals surface area contributed by atoms with Gasteiger partial charge in [-0.2, -0.15) is 0 Å². The summed E-state index contributed by atoms with van der Waals surface area (Å²) in [6.45, 7) is 0. The van der Waals surface area contributed by atoms with Crippen LogP contribution < -0.4 is 15.9 Å². The van der Waals surface area contributed by atoms with Crippen LogP contribution in [0.1, 0.15) is 0 Å². The van der Waals surface area contributed by atoms with Gasteiger partial charge in [0, 0.05) is 0 Å². The fourth-order valence-corrected chi connectivity index (χ4v) is 6.44. The first-order valence-electron chi connectivity index (χ1n) is 7.23. The first-order chi connectivity index (χ1) is 12.1. The van der Waals surface area contributed by atoms with Crippen molar-refractivity contribution in [1.82, 2.24) is 0 Å². The van der Waals surface area contributed by atoms with Crippen molar-refractivity contribution >= 4 is 43.5 Å². The molecule has 0 amide bonds. The number of hydrogen-bond acceptors (Lipinski definition) is 3. The second-order valence-corrected chi connectivity index (χ2v) is 8.85. The van der Waals surface area contributed by atoms with Crippen molar-refractivity contribution in [2.75, 3.05) is 0 Å². The van der Waals surface area contributed by atoms with Gasteiger partial charge in [-0.05, 0) is 36.4 Å². The summed E-state index contributed by atoms with van der Waals surface area (Å²) < 4.78 is 35.0. The van der Waals surface area contributed by atoms with Gasteiger partial charge in [-0.25, -0.2) is 8.42 Å². The number of rotatable bonds is 4. The van der Waals surface area contributed by atoms with Gasteiger partial charge in [0.2, 0.25) is 0 Å². The summed E-state index contributed by atoms with van der Waals surface area (Å²) in [4.78, 5) is -0.124. The molecular formula is C19H18ClIrO3PS+. The molecule has 0 aliphatic carbocycles. The van der Waals surface area contributed by atoms with Gasteiger partial charge in [0.15, 0.2) is 0 Å². The van der Waals surface area contributed by atoms with Crippen LogP contribution in [0.25, 0.3) is 0 Å². The summed E-state index contributed by atoms with van der Waals surface area (Å²) >= 11 is 1.47. The Morgan fingerprint density at radius 2 is 1.12 bits per heavy atom. The third kappa shape index (κ3) is 5.72. The SMILES string of the molecule is O=S(=O)([O-])c1ccccc1[PH+](c1ccccc1)c1ccccc1.[CH3-].[Cl][Ir+2]. The molecule has 0 saturated carbocycles. The molecule has 0 aromatic heterocycles. The molecule has 0 unspecified atom stereocenters. The van der Waals surface area contributed by atoms with E-state index in [1.165, 1.54) is 24.0 Å². The van der Waals surface area contributed by atoms with Crippen LogP contribution in [0, 0.1) is 7.43 Å². The molecule has 138 valence electrons. The molecule has 0 radical (unpaired) electrons. The van der Waals surface area contributed by atoms with E-state index in [1.807, 2.05) is 60.7 Å². The Morgan fingerprint density at radius 3 is 1.54 bits per heavy atom. The molecule has 0 spiro atoms. The maximum atomic E-state index is 11.7. The summed E-state index contributed by atoms with van der Waals surface area (Å²) in [5.74, 6) is 0. The summed E-state index contributed by atoms with van der Waals surface area (Å²) in [6.07, 6.45) is 0. The Labute approximate surface area is 171 Å². The van der Waals surface area contributed by atoms with Crippen molar-refractivity contribution < 1.29 is 30.9 Å². The average molecular weight is 585 g/mol. The molecule has 3 nitrogen and oxygen atoms in total. The Balaban J connectivity index is 0.00000109. The van der Waals surface area contributed by atoms with E-state index in [-0.39, 0.29) is 12.3 Å². The molecule has 0 atom stereocenters. The van der Waals surface area contributed by atoms with Crippen LogP contribution in [0.5, 0.6) is 0 Å². The molecule has 0 heterocycles. The molecule has 26 heavy (non-hydrogen) atoms. The van der Waals surface area contributed by atoms with E-state index >= 15 is 0 Å². The molecular weight excluding hydrogens is 567 g/mol. The summed E-state index contributed by atoms with van der Waals surface area (Å²) in [5.41, 5.74) is 0. The van der Waals surface area contributed by atoms with Gasteiger partial charge in [-0.3, -0.25) is 0 Å². The Kier molecular flexibility index (Phi) is 9.67. The van der Waals surface area contributed by atoms with Gasteiger partial charge < -0.3 is 12.0 Å². The fraction of sp³-hybridized carbons (Fsp3) is 0. The first kappa shape index (κ1) is 23.0. The molecule has 0 fully saturated rings. The second kappa shape index (κ2) is 10.9. The van der Waals surface area contributed by atoms with E-state index in [1.54, 1.807) is 18.2 Å². The van der Waals surface area contributed by atoms with Gasteiger partial charge in [-0.15, -0.1) is 0 Å². The van der Waals surface area contributed by atoms with E-state index in [0.717, 1.165) is 10.6 Å². The van der Waals surface area contributed by atoms with E-state index in [0.29, 0.717) is 5.30 Å². The third-order valence-corrected chi connectivity index (χ3v) is 7.42. The maximum absolute atomic E-state index is 11.7. The Morgan fingerprint density at radius 1 is 0.731 bits per heavy atom. The fourth-order valence-electron chi connectivity index (χ4n) is 2.58. The molecule has 0 bridgehead atoms. The minimum atomic E-state index is -4.52. The average Bonchev–Trinajstić information content (AvgIpc) is 2.65. The topological polar surface area (TPSA) is 57.2 Å². The summed E-state index contributed by atoms with van der Waals surface area (Å²) in [7, 11) is -1.45. The molecule has 0 saturated heterocycles. The van der Waals surface area contributed by atoms with E-state index in [4.69, 9.17) is 0 Å². The van der Waals surface area contributed by atoms with Crippen molar-refractivity contribution in [3.8, 4) is 0 Å². The minimum absolute atomic E-state index is 0. The van der Waals surface area contributed by atoms with E-state index in [9.17, 15) is 13.0 Å². The zero-order chi connectivity index (χ0) is 18.3. The zero-order valence-electron chi connectivity index (χ0n) is 13.9. The van der Waals surface area contributed by atoms with E-state index in [2.05, 4.69) is 9.58 Å². The monoisotopic (exact) mass is 585 g/mol. The van der Waals surface area contributed by atoms with Crippen LogP contribution in [0.4, 0.5) is 0 Å². The van der Waals surface area contributed by atoms with Crippen LogP contribution in [0.2, 0.25) is 0 Å². The Bertz CT molecular complexity index is 867. The summed E-state index contributed by atoms with van der Waals surface area (Å²) in [6, 6.07) is 26.0. The molecule has 0 aliphatic rings. The van der Waals surface area contributed by atoms with Crippen molar-refractivity contribution in [3.05, 3.63) is 92.4 Å². The number of halogens is 1. The van der Waals surface area contributed by atoms with Gasteiger partial charge >= 0.3 is 27.5 Å². The quantitative estimate of drug-likeness (QED) is 0.269. The molecule has 3 aromatic carbocycles. The van der Waals surface area contributed by atoms with Crippen molar-refractivity contribution in [2.45, 2.75) is 4.90 Å². The van der Waals surface area contributed by atoms with Crippen LogP contribution in [-0.2, 0) is 28.0 Å². The number of benzene rings is 3. The first-order valence-corrected chi connectivity index (χ1v) is 13.1. The Hall–Kier alpha value is -1.06. The van der Waals surface area contributed by atoms with Crippen molar-refractivity contribution in [3.63, 3.8) is 0 Å². The van der Waals surface area contributed by atoms with Crippen molar-refractivity contribution in [1.29, 1.82) is 0 Å². The van der Waals surface area contributed by atoms with Crippen LogP contribution in [-0.4, -0.2) is 13.0 Å². The van der Waals surface area contributed by atoms with Crippen LogP contribution >= 0.6 is 17.5 Å². The molecule has 3 aromatic rings. The van der Waals surface area contributed by atoms with Crippen LogP contribution in [0.3, 0.4) is 0 Å². The van der Waals surface area contributed by atoms with Gasteiger partial charge in [-0.1, -0.05) is 48.5 Å². The second-order valence-electron chi connectivity index (χ2n) is 5.06.